The fourth-order valence-electron chi connectivity index (χ4n) is 2.23. The molecule has 0 spiro atoms. The first-order chi connectivity index (χ1) is 8.39. The van der Waals surface area contributed by atoms with Gasteiger partial charge in [0, 0.05) is 20.1 Å². The Labute approximate surface area is 109 Å². The molecule has 1 atom stereocenters. The van der Waals surface area contributed by atoms with Gasteiger partial charge >= 0.3 is 0 Å². The van der Waals surface area contributed by atoms with Gasteiger partial charge in [-0.05, 0) is 16.5 Å². The Morgan fingerprint density at radius 1 is 1.22 bits per heavy atom. The van der Waals surface area contributed by atoms with Gasteiger partial charge in [-0.25, -0.2) is 0 Å². The van der Waals surface area contributed by atoms with Crippen molar-refractivity contribution < 1.29 is 4.79 Å². The number of benzene rings is 1. The van der Waals surface area contributed by atoms with Crippen molar-refractivity contribution in [2.75, 3.05) is 20.1 Å². The van der Waals surface area contributed by atoms with Gasteiger partial charge in [0.25, 0.3) is 0 Å². The second kappa shape index (κ2) is 4.73. The standard InChI is InChI=1S/C15H22N2O/c1-15(2,3)12-7-5-11(6-8-12)13-14(18)17(4)10-9-16-13/h5-8,13,16H,9-10H2,1-4H3. The van der Waals surface area contributed by atoms with Crippen LogP contribution in [0.15, 0.2) is 24.3 Å². The molecule has 0 aromatic heterocycles. The number of carbonyl (C=O) groups is 1. The molecule has 3 heteroatoms. The fraction of sp³-hybridized carbons (Fsp3) is 0.533. The van der Waals surface area contributed by atoms with E-state index in [1.54, 1.807) is 4.90 Å². The number of carbonyl (C=O) groups excluding carboxylic acids is 1. The van der Waals surface area contributed by atoms with Gasteiger partial charge in [0.05, 0.1) is 0 Å². The average molecular weight is 246 g/mol. The maximum atomic E-state index is 12.1. The van der Waals surface area contributed by atoms with Crippen LogP contribution in [-0.2, 0) is 10.2 Å². The first-order valence-corrected chi connectivity index (χ1v) is 6.48. The monoisotopic (exact) mass is 246 g/mol. The van der Waals surface area contributed by atoms with E-state index in [4.69, 9.17) is 0 Å². The molecule has 0 radical (unpaired) electrons. The zero-order chi connectivity index (χ0) is 13.3. The summed E-state index contributed by atoms with van der Waals surface area (Å²) in [7, 11) is 1.86. The lowest BCUT2D eigenvalue weighted by Crippen LogP contribution is -2.48. The summed E-state index contributed by atoms with van der Waals surface area (Å²) in [6.07, 6.45) is 0. The van der Waals surface area contributed by atoms with Crippen LogP contribution >= 0.6 is 0 Å². The highest BCUT2D eigenvalue weighted by atomic mass is 16.2. The van der Waals surface area contributed by atoms with Crippen LogP contribution in [0.25, 0.3) is 0 Å². The molecule has 0 aliphatic carbocycles. The molecule has 1 N–H and O–H groups in total. The molecule has 98 valence electrons. The van der Waals surface area contributed by atoms with E-state index in [0.29, 0.717) is 0 Å². The summed E-state index contributed by atoms with van der Waals surface area (Å²) in [6.45, 7) is 8.22. The van der Waals surface area contributed by atoms with Crippen molar-refractivity contribution in [2.24, 2.45) is 0 Å². The van der Waals surface area contributed by atoms with Crippen molar-refractivity contribution in [1.82, 2.24) is 10.2 Å². The predicted octanol–water partition coefficient (Wildman–Crippen LogP) is 2.09. The van der Waals surface area contributed by atoms with Gasteiger partial charge < -0.3 is 10.2 Å². The Kier molecular flexibility index (Phi) is 3.44. The molecule has 3 nitrogen and oxygen atoms in total. The van der Waals surface area contributed by atoms with Gasteiger partial charge in [0.2, 0.25) is 5.91 Å². The number of nitrogens with one attached hydrogen (secondary N) is 1. The number of piperazine rings is 1. The van der Waals surface area contributed by atoms with Gasteiger partial charge in [-0.2, -0.15) is 0 Å². The highest BCUT2D eigenvalue weighted by molar-refractivity contribution is 5.83. The van der Waals surface area contributed by atoms with Crippen LogP contribution in [0, 0.1) is 0 Å². The van der Waals surface area contributed by atoms with Crippen LogP contribution in [0.1, 0.15) is 37.9 Å². The van der Waals surface area contributed by atoms with Gasteiger partial charge in [-0.1, -0.05) is 45.0 Å². The van der Waals surface area contributed by atoms with Gasteiger partial charge in [0.1, 0.15) is 6.04 Å². The summed E-state index contributed by atoms with van der Waals surface area (Å²) in [5.41, 5.74) is 2.50. The third-order valence-electron chi connectivity index (χ3n) is 3.53. The number of hydrogen-bond acceptors (Lipinski definition) is 2. The quantitative estimate of drug-likeness (QED) is 0.823. The van der Waals surface area contributed by atoms with Crippen molar-refractivity contribution in [3.63, 3.8) is 0 Å². The normalized spacial score (nSPS) is 21.2. The van der Waals surface area contributed by atoms with Crippen LogP contribution < -0.4 is 5.32 Å². The Morgan fingerprint density at radius 3 is 2.39 bits per heavy atom. The molecule has 1 fully saturated rings. The molecule has 1 aliphatic rings. The molecular formula is C15H22N2O. The van der Waals surface area contributed by atoms with Crippen molar-refractivity contribution in [3.05, 3.63) is 35.4 Å². The Balaban J connectivity index is 2.22. The Bertz CT molecular complexity index is 431. The summed E-state index contributed by atoms with van der Waals surface area (Å²) in [5, 5.41) is 3.28. The SMILES string of the molecule is CN1CCNC(c2ccc(C(C)(C)C)cc2)C1=O. The minimum atomic E-state index is -0.183. The van der Waals surface area contributed by atoms with E-state index in [2.05, 4.69) is 50.4 Å². The molecular weight excluding hydrogens is 224 g/mol. The molecule has 1 amide bonds. The van der Waals surface area contributed by atoms with Crippen molar-refractivity contribution >= 4 is 5.91 Å². The van der Waals surface area contributed by atoms with Crippen LogP contribution in [0.5, 0.6) is 0 Å². The number of rotatable bonds is 1. The molecule has 1 aromatic carbocycles. The number of amides is 1. The maximum absolute atomic E-state index is 12.1. The number of nitrogens with zero attached hydrogens (tertiary/aromatic N) is 1. The molecule has 1 aliphatic heterocycles. The second-order valence-corrected chi connectivity index (χ2v) is 6.02. The molecule has 2 rings (SSSR count). The van der Waals surface area contributed by atoms with E-state index < -0.39 is 0 Å². The second-order valence-electron chi connectivity index (χ2n) is 6.02. The van der Waals surface area contributed by atoms with E-state index >= 15 is 0 Å². The molecule has 1 heterocycles. The summed E-state index contributed by atoms with van der Waals surface area (Å²) < 4.78 is 0. The Hall–Kier alpha value is -1.35. The first kappa shape index (κ1) is 13.1. The van der Waals surface area contributed by atoms with Gasteiger partial charge in [-0.3, -0.25) is 4.79 Å². The molecule has 1 unspecified atom stereocenters. The lowest BCUT2D eigenvalue weighted by Gasteiger charge is -2.31. The lowest BCUT2D eigenvalue weighted by atomic mass is 9.86. The van der Waals surface area contributed by atoms with E-state index in [0.717, 1.165) is 18.7 Å². The zero-order valence-corrected chi connectivity index (χ0v) is 11.7. The third kappa shape index (κ3) is 2.56. The van der Waals surface area contributed by atoms with Crippen LogP contribution in [-0.4, -0.2) is 30.9 Å². The van der Waals surface area contributed by atoms with Crippen LogP contribution in [0.3, 0.4) is 0 Å². The van der Waals surface area contributed by atoms with Crippen molar-refractivity contribution in [1.29, 1.82) is 0 Å². The summed E-state index contributed by atoms with van der Waals surface area (Å²) in [6, 6.07) is 8.19. The van der Waals surface area contributed by atoms with E-state index in [9.17, 15) is 4.79 Å². The Morgan fingerprint density at radius 2 is 1.83 bits per heavy atom. The minimum Gasteiger partial charge on any atom is -0.343 e. The summed E-state index contributed by atoms with van der Waals surface area (Å²) in [5.74, 6) is 0.157. The van der Waals surface area contributed by atoms with Crippen molar-refractivity contribution in [3.8, 4) is 0 Å². The van der Waals surface area contributed by atoms with E-state index in [1.165, 1.54) is 5.56 Å². The van der Waals surface area contributed by atoms with Gasteiger partial charge in [0.15, 0.2) is 0 Å². The molecule has 1 aromatic rings. The summed E-state index contributed by atoms with van der Waals surface area (Å²) >= 11 is 0. The molecule has 1 saturated heterocycles. The average Bonchev–Trinajstić information content (AvgIpc) is 2.32. The molecule has 18 heavy (non-hydrogen) atoms. The number of likely N-dealkylation sites (N-methyl/N-ethyl adjacent to an activating group) is 1. The fourth-order valence-corrected chi connectivity index (χ4v) is 2.23. The maximum Gasteiger partial charge on any atom is 0.244 e. The van der Waals surface area contributed by atoms with E-state index in [-0.39, 0.29) is 17.4 Å². The smallest absolute Gasteiger partial charge is 0.244 e. The first-order valence-electron chi connectivity index (χ1n) is 6.48. The summed E-state index contributed by atoms with van der Waals surface area (Å²) in [4.78, 5) is 13.9. The van der Waals surface area contributed by atoms with Crippen LogP contribution in [0.2, 0.25) is 0 Å². The van der Waals surface area contributed by atoms with Crippen LogP contribution in [0.4, 0.5) is 0 Å². The third-order valence-corrected chi connectivity index (χ3v) is 3.53. The van der Waals surface area contributed by atoms with Crippen molar-refractivity contribution in [2.45, 2.75) is 32.2 Å². The zero-order valence-electron chi connectivity index (χ0n) is 11.7. The topological polar surface area (TPSA) is 32.3 Å². The van der Waals surface area contributed by atoms with E-state index in [1.807, 2.05) is 7.05 Å². The largest absolute Gasteiger partial charge is 0.343 e. The minimum absolute atomic E-state index is 0.152. The lowest BCUT2D eigenvalue weighted by molar-refractivity contribution is -0.134. The number of hydrogen-bond donors (Lipinski definition) is 1. The molecule has 0 saturated carbocycles. The highest BCUT2D eigenvalue weighted by Crippen LogP contribution is 2.25. The predicted molar refractivity (Wildman–Crippen MR) is 73.5 cm³/mol. The highest BCUT2D eigenvalue weighted by Gasteiger charge is 2.27. The van der Waals surface area contributed by atoms with Gasteiger partial charge in [-0.15, -0.1) is 0 Å². The molecule has 0 bridgehead atoms.